The van der Waals surface area contributed by atoms with Crippen molar-refractivity contribution >= 4 is 11.9 Å². The van der Waals surface area contributed by atoms with Crippen LogP contribution in [0, 0.1) is 0 Å². The fourth-order valence-corrected chi connectivity index (χ4v) is 3.15. The largest absolute Gasteiger partial charge is 0.490 e. The number of carboxylic acids is 1. The molecule has 3 rings (SSSR count). The molecule has 1 unspecified atom stereocenters. The fraction of sp³-hybridized carbons (Fsp3) is 0.667. The Morgan fingerprint density at radius 3 is 2.45 bits per heavy atom. The predicted octanol–water partition coefficient (Wildman–Crippen LogP) is 1.86. The molecule has 3 heterocycles. The highest BCUT2D eigenvalue weighted by molar-refractivity contribution is 5.93. The molecule has 29 heavy (non-hydrogen) atoms. The van der Waals surface area contributed by atoms with E-state index in [1.54, 1.807) is 6.07 Å². The summed E-state index contributed by atoms with van der Waals surface area (Å²) >= 11 is 0. The second-order valence-corrected chi connectivity index (χ2v) is 7.19. The van der Waals surface area contributed by atoms with Crippen LogP contribution in [0.25, 0.3) is 0 Å². The summed E-state index contributed by atoms with van der Waals surface area (Å²) in [6, 6.07) is 2.14. The summed E-state index contributed by atoms with van der Waals surface area (Å²) in [5.74, 6) is -2.76. The molecule has 0 aromatic carbocycles. The number of carbonyl (C=O) groups excluding carboxylic acids is 1. The van der Waals surface area contributed by atoms with Gasteiger partial charge in [0.25, 0.3) is 5.91 Å². The zero-order chi connectivity index (χ0) is 21.7. The van der Waals surface area contributed by atoms with Gasteiger partial charge in [-0.15, -0.1) is 0 Å². The van der Waals surface area contributed by atoms with Crippen LogP contribution in [0.3, 0.4) is 0 Å². The van der Waals surface area contributed by atoms with Gasteiger partial charge in [0.05, 0.1) is 38.2 Å². The maximum Gasteiger partial charge on any atom is 0.490 e. The van der Waals surface area contributed by atoms with Gasteiger partial charge in [-0.05, 0) is 19.9 Å². The van der Waals surface area contributed by atoms with E-state index in [1.165, 1.54) is 12.5 Å². The molecule has 0 aliphatic carbocycles. The second kappa shape index (κ2) is 9.59. The zero-order valence-electron chi connectivity index (χ0n) is 16.3. The average Bonchev–Trinajstić information content (AvgIpc) is 3.10. The molecule has 1 amide bonds. The van der Waals surface area contributed by atoms with Gasteiger partial charge in [0.2, 0.25) is 0 Å². The lowest BCUT2D eigenvalue weighted by Gasteiger charge is -2.44. The monoisotopic (exact) mass is 422 g/mol. The molecule has 0 bridgehead atoms. The van der Waals surface area contributed by atoms with Gasteiger partial charge >= 0.3 is 12.1 Å². The lowest BCUT2D eigenvalue weighted by atomic mass is 10.0. The van der Waals surface area contributed by atoms with Crippen molar-refractivity contribution in [3.8, 4) is 0 Å². The lowest BCUT2D eigenvalue weighted by molar-refractivity contribution is -0.192. The Kier molecular flexibility index (Phi) is 7.66. The molecule has 2 saturated heterocycles. The Hall–Kier alpha value is -2.11. The molecule has 1 aromatic heterocycles. The number of ether oxygens (including phenoxy) is 2. The number of hydrogen-bond acceptors (Lipinski definition) is 6. The summed E-state index contributed by atoms with van der Waals surface area (Å²) in [7, 11) is 0. The second-order valence-electron chi connectivity index (χ2n) is 7.19. The van der Waals surface area contributed by atoms with Gasteiger partial charge < -0.3 is 23.9 Å². The van der Waals surface area contributed by atoms with Crippen molar-refractivity contribution in [1.29, 1.82) is 0 Å². The molecule has 1 spiro atoms. The van der Waals surface area contributed by atoms with E-state index in [1.807, 2.05) is 4.90 Å². The van der Waals surface area contributed by atoms with Crippen LogP contribution in [0.2, 0.25) is 0 Å². The Labute approximate surface area is 166 Å². The van der Waals surface area contributed by atoms with Gasteiger partial charge in [-0.1, -0.05) is 0 Å². The number of hydrogen-bond donors (Lipinski definition) is 1. The molecule has 1 N–H and O–H groups in total. The summed E-state index contributed by atoms with van der Waals surface area (Å²) in [6.07, 6.45) is -2.06. The minimum Gasteiger partial charge on any atom is -0.475 e. The Bertz CT molecular complexity index is 680. The lowest BCUT2D eigenvalue weighted by Crippen LogP contribution is -2.60. The highest BCUT2D eigenvalue weighted by Crippen LogP contribution is 2.24. The van der Waals surface area contributed by atoms with Gasteiger partial charge in [-0.25, -0.2) is 4.79 Å². The van der Waals surface area contributed by atoms with E-state index < -0.39 is 17.7 Å². The van der Waals surface area contributed by atoms with Crippen LogP contribution in [-0.4, -0.2) is 90.6 Å². The van der Waals surface area contributed by atoms with Gasteiger partial charge in [-0.2, -0.15) is 13.2 Å². The smallest absolute Gasteiger partial charge is 0.475 e. The minimum atomic E-state index is -5.08. The first-order valence-corrected chi connectivity index (χ1v) is 9.11. The van der Waals surface area contributed by atoms with Crippen molar-refractivity contribution in [1.82, 2.24) is 9.80 Å². The van der Waals surface area contributed by atoms with Crippen molar-refractivity contribution in [3.63, 3.8) is 0 Å². The van der Waals surface area contributed by atoms with E-state index >= 15 is 0 Å². The Balaban J connectivity index is 0.000000370. The number of morpholine rings is 1. The van der Waals surface area contributed by atoms with Crippen molar-refractivity contribution in [3.05, 3.63) is 24.2 Å². The van der Waals surface area contributed by atoms with E-state index in [0.29, 0.717) is 44.5 Å². The SMILES string of the molecule is CC(C)N1CCOCC2(CN(C(=O)c3ccoc3)CCO2)C1.O=C(O)C(F)(F)F. The summed E-state index contributed by atoms with van der Waals surface area (Å²) in [5, 5.41) is 7.12. The Morgan fingerprint density at radius 1 is 1.21 bits per heavy atom. The van der Waals surface area contributed by atoms with E-state index in [-0.39, 0.29) is 5.91 Å². The summed E-state index contributed by atoms with van der Waals surface area (Å²) < 4.78 is 48.6. The van der Waals surface area contributed by atoms with Gasteiger partial charge in [0.1, 0.15) is 11.9 Å². The van der Waals surface area contributed by atoms with Gasteiger partial charge in [-0.3, -0.25) is 9.69 Å². The third-order valence-electron chi connectivity index (χ3n) is 4.66. The van der Waals surface area contributed by atoms with Crippen LogP contribution in [0.4, 0.5) is 13.2 Å². The molecule has 2 fully saturated rings. The standard InChI is InChI=1S/C16H24N2O4.C2HF3O2/c1-13(2)17-4-7-21-12-16(10-17)11-18(5-8-22-16)15(19)14-3-6-20-9-14;3-2(4,5)1(6)7/h3,6,9,13H,4-5,7-8,10-12H2,1-2H3;(H,6,7). The zero-order valence-corrected chi connectivity index (χ0v) is 16.3. The van der Waals surface area contributed by atoms with Crippen LogP contribution in [0.15, 0.2) is 23.0 Å². The summed E-state index contributed by atoms with van der Waals surface area (Å²) in [5.41, 5.74) is 0.158. The van der Waals surface area contributed by atoms with Gasteiger partial charge in [0, 0.05) is 25.7 Å². The van der Waals surface area contributed by atoms with Crippen LogP contribution in [0.5, 0.6) is 0 Å². The maximum atomic E-state index is 12.5. The van der Waals surface area contributed by atoms with Crippen molar-refractivity contribution in [2.75, 3.05) is 46.0 Å². The minimum absolute atomic E-state index is 0.00299. The predicted molar refractivity (Wildman–Crippen MR) is 94.5 cm³/mol. The average molecular weight is 422 g/mol. The number of rotatable bonds is 2. The molecular weight excluding hydrogens is 397 g/mol. The normalized spacial score (nSPS) is 23.4. The third kappa shape index (κ3) is 6.44. The van der Waals surface area contributed by atoms with Crippen molar-refractivity contribution < 1.29 is 41.8 Å². The maximum absolute atomic E-state index is 12.5. The number of halogens is 3. The van der Waals surface area contributed by atoms with Crippen LogP contribution in [-0.2, 0) is 14.3 Å². The summed E-state index contributed by atoms with van der Waals surface area (Å²) in [4.78, 5) is 25.6. The molecular formula is C18H25F3N2O6. The van der Waals surface area contributed by atoms with Crippen molar-refractivity contribution in [2.45, 2.75) is 31.7 Å². The number of amides is 1. The van der Waals surface area contributed by atoms with Crippen molar-refractivity contribution in [2.24, 2.45) is 0 Å². The molecule has 2 aliphatic heterocycles. The quantitative estimate of drug-likeness (QED) is 0.778. The molecule has 8 nitrogen and oxygen atoms in total. The first-order chi connectivity index (χ1) is 13.5. The van der Waals surface area contributed by atoms with E-state index in [4.69, 9.17) is 23.8 Å². The topological polar surface area (TPSA) is 92.5 Å². The summed E-state index contributed by atoms with van der Waals surface area (Å²) in [6.45, 7) is 8.99. The first-order valence-electron chi connectivity index (χ1n) is 9.11. The highest BCUT2D eigenvalue weighted by atomic mass is 19.4. The molecule has 164 valence electrons. The van der Waals surface area contributed by atoms with Crippen LogP contribution < -0.4 is 0 Å². The number of furan rings is 1. The van der Waals surface area contributed by atoms with Gasteiger partial charge in [0.15, 0.2) is 0 Å². The number of aliphatic carboxylic acids is 1. The molecule has 1 atom stereocenters. The van der Waals surface area contributed by atoms with Crippen LogP contribution >= 0.6 is 0 Å². The molecule has 2 aliphatic rings. The molecule has 0 radical (unpaired) electrons. The number of carboxylic acid groups (broad SMARTS) is 1. The highest BCUT2D eigenvalue weighted by Gasteiger charge is 2.42. The Morgan fingerprint density at radius 2 is 1.90 bits per heavy atom. The molecule has 1 aromatic rings. The van der Waals surface area contributed by atoms with E-state index in [9.17, 15) is 18.0 Å². The molecule has 11 heteroatoms. The first kappa shape index (κ1) is 23.2. The molecule has 0 saturated carbocycles. The fourth-order valence-electron chi connectivity index (χ4n) is 3.15. The number of alkyl halides is 3. The third-order valence-corrected chi connectivity index (χ3v) is 4.66. The number of nitrogens with zero attached hydrogens (tertiary/aromatic N) is 2. The van der Waals surface area contributed by atoms with E-state index in [2.05, 4.69) is 18.7 Å². The van der Waals surface area contributed by atoms with Crippen LogP contribution in [0.1, 0.15) is 24.2 Å². The number of carbonyl (C=O) groups is 2. The van der Waals surface area contributed by atoms with E-state index in [0.717, 1.165) is 13.1 Å².